The van der Waals surface area contributed by atoms with Crippen LogP contribution in [0.3, 0.4) is 0 Å². The van der Waals surface area contributed by atoms with Crippen molar-refractivity contribution in [1.29, 1.82) is 0 Å². The summed E-state index contributed by atoms with van der Waals surface area (Å²) in [6.45, 7) is 4.43. The van der Waals surface area contributed by atoms with Crippen molar-refractivity contribution in [1.82, 2.24) is 16.0 Å². The summed E-state index contributed by atoms with van der Waals surface area (Å²) in [5.74, 6) is 1.20. The van der Waals surface area contributed by atoms with Crippen molar-refractivity contribution in [2.75, 3.05) is 5.75 Å². The molecule has 2 heterocycles. The van der Waals surface area contributed by atoms with Crippen LogP contribution in [0.4, 0.5) is 4.79 Å². The molecular formula is C28H53N3O2S. The van der Waals surface area contributed by atoms with Crippen LogP contribution in [0.5, 0.6) is 0 Å². The van der Waals surface area contributed by atoms with E-state index in [0.29, 0.717) is 17.7 Å². The van der Waals surface area contributed by atoms with Gasteiger partial charge in [0.1, 0.15) is 0 Å². The van der Waals surface area contributed by atoms with Crippen LogP contribution in [0, 0.1) is 0 Å². The van der Waals surface area contributed by atoms with Crippen LogP contribution >= 0.6 is 11.8 Å². The number of thioether (sulfide) groups is 1. The number of urea groups is 1. The maximum absolute atomic E-state index is 12.2. The molecule has 4 atom stereocenters. The van der Waals surface area contributed by atoms with E-state index in [1.54, 1.807) is 0 Å². The predicted octanol–water partition coefficient (Wildman–Crippen LogP) is 7.09. The fraction of sp³-hybridized carbons (Fsp3) is 0.929. The number of carbonyl (C=O) groups is 2. The number of hydrogen-bond donors (Lipinski definition) is 3. The summed E-state index contributed by atoms with van der Waals surface area (Å²) in [6.07, 6.45) is 24.2. The van der Waals surface area contributed by atoms with Crippen LogP contribution in [0.25, 0.3) is 0 Å². The van der Waals surface area contributed by atoms with Crippen LogP contribution in [0.1, 0.15) is 136 Å². The summed E-state index contributed by atoms with van der Waals surface area (Å²) in [6, 6.07) is 0.834. The zero-order valence-corrected chi connectivity index (χ0v) is 23.0. The van der Waals surface area contributed by atoms with E-state index in [9.17, 15) is 9.59 Å². The van der Waals surface area contributed by atoms with Gasteiger partial charge in [-0.2, -0.15) is 11.8 Å². The van der Waals surface area contributed by atoms with E-state index < -0.39 is 0 Å². The molecule has 0 aliphatic carbocycles. The molecule has 2 rings (SSSR count). The molecule has 3 unspecified atom stereocenters. The molecular weight excluding hydrogens is 442 g/mol. The van der Waals surface area contributed by atoms with Crippen molar-refractivity contribution < 1.29 is 9.59 Å². The van der Waals surface area contributed by atoms with Gasteiger partial charge in [0.25, 0.3) is 0 Å². The van der Waals surface area contributed by atoms with Crippen molar-refractivity contribution in [2.24, 2.45) is 0 Å². The van der Waals surface area contributed by atoms with Gasteiger partial charge < -0.3 is 16.0 Å². The maximum Gasteiger partial charge on any atom is 0.315 e. The van der Waals surface area contributed by atoms with Crippen molar-refractivity contribution >= 4 is 23.7 Å². The lowest BCUT2D eigenvalue weighted by Gasteiger charge is -2.17. The Kier molecular flexibility index (Phi) is 15.8. The van der Waals surface area contributed by atoms with Gasteiger partial charge in [-0.3, -0.25) is 4.79 Å². The molecule has 2 fully saturated rings. The van der Waals surface area contributed by atoms with E-state index in [4.69, 9.17) is 0 Å². The Morgan fingerprint density at radius 1 is 0.882 bits per heavy atom. The maximum atomic E-state index is 12.2. The summed E-state index contributed by atoms with van der Waals surface area (Å²) < 4.78 is 0. The average molecular weight is 496 g/mol. The van der Waals surface area contributed by atoms with Crippen LogP contribution in [-0.2, 0) is 4.79 Å². The molecule has 34 heavy (non-hydrogen) atoms. The Morgan fingerprint density at radius 2 is 1.47 bits per heavy atom. The number of fused-ring (bicyclic) bond motifs is 1. The topological polar surface area (TPSA) is 70.2 Å². The lowest BCUT2D eigenvalue weighted by Crippen LogP contribution is -2.36. The van der Waals surface area contributed by atoms with Crippen molar-refractivity contribution in [3.63, 3.8) is 0 Å². The Morgan fingerprint density at radius 3 is 2.09 bits per heavy atom. The number of nitrogens with one attached hydrogen (secondary N) is 3. The first-order valence-corrected chi connectivity index (χ1v) is 15.6. The molecule has 0 bridgehead atoms. The highest BCUT2D eigenvalue weighted by atomic mass is 32.2. The fourth-order valence-corrected chi connectivity index (χ4v) is 6.88. The van der Waals surface area contributed by atoms with E-state index in [-0.39, 0.29) is 24.0 Å². The standard InChI is InChI=1S/C28H53N3O2S/c1-3-4-5-6-7-8-9-10-11-12-13-14-15-16-19-23(2)29-26(32)21-18-17-20-25-27-24(22-34-25)30-28(33)31-27/h23-25,27H,3-22H2,1-2H3,(H,29,32)(H2,30,31,33)/t23?,24?,25?,27-/m0/s1. The second-order valence-electron chi connectivity index (χ2n) is 10.7. The smallest absolute Gasteiger partial charge is 0.315 e. The molecule has 2 aliphatic rings. The molecule has 3 N–H and O–H groups in total. The van der Waals surface area contributed by atoms with Gasteiger partial charge in [0.2, 0.25) is 5.91 Å². The number of unbranched alkanes of at least 4 members (excludes halogenated alkanes) is 14. The molecule has 0 spiro atoms. The van der Waals surface area contributed by atoms with E-state index in [0.717, 1.165) is 31.4 Å². The zero-order chi connectivity index (χ0) is 24.4. The lowest BCUT2D eigenvalue weighted by atomic mass is 10.0. The molecule has 5 nitrogen and oxygen atoms in total. The fourth-order valence-electron chi connectivity index (χ4n) is 5.34. The minimum atomic E-state index is -0.0209. The molecule has 0 aromatic carbocycles. The molecule has 6 heteroatoms. The minimum absolute atomic E-state index is 0.0209. The second-order valence-corrected chi connectivity index (χ2v) is 12.0. The molecule has 2 saturated heterocycles. The molecule has 3 amide bonds. The van der Waals surface area contributed by atoms with E-state index in [2.05, 4.69) is 29.8 Å². The van der Waals surface area contributed by atoms with Gasteiger partial charge >= 0.3 is 6.03 Å². The van der Waals surface area contributed by atoms with E-state index in [1.807, 2.05) is 11.8 Å². The molecule has 2 aliphatic heterocycles. The SMILES string of the molecule is CCCCCCCCCCCCCCCCC(C)NC(=O)CCCCC1SCC2NC(=O)N[C@@H]21. The summed E-state index contributed by atoms with van der Waals surface area (Å²) in [7, 11) is 0. The average Bonchev–Trinajstić information content (AvgIpc) is 3.36. The van der Waals surface area contributed by atoms with Gasteiger partial charge in [0.05, 0.1) is 12.1 Å². The Hall–Kier alpha value is -0.910. The molecule has 0 saturated carbocycles. The van der Waals surface area contributed by atoms with Gasteiger partial charge in [0.15, 0.2) is 0 Å². The van der Waals surface area contributed by atoms with Crippen LogP contribution in [0.15, 0.2) is 0 Å². The Bertz CT molecular complexity index is 560. The summed E-state index contributed by atoms with van der Waals surface area (Å²) >= 11 is 1.95. The summed E-state index contributed by atoms with van der Waals surface area (Å²) in [5, 5.41) is 9.71. The second kappa shape index (κ2) is 18.4. The van der Waals surface area contributed by atoms with Crippen LogP contribution in [-0.4, -0.2) is 41.1 Å². The number of rotatable bonds is 21. The highest BCUT2D eigenvalue weighted by Crippen LogP contribution is 2.33. The molecule has 0 aromatic rings. The van der Waals surface area contributed by atoms with Gasteiger partial charge in [-0.25, -0.2) is 4.79 Å². The van der Waals surface area contributed by atoms with E-state index in [1.165, 1.54) is 89.9 Å². The minimum Gasteiger partial charge on any atom is -0.354 e. The molecule has 0 radical (unpaired) electrons. The first kappa shape index (κ1) is 29.3. The third kappa shape index (κ3) is 12.7. The van der Waals surface area contributed by atoms with Crippen LogP contribution < -0.4 is 16.0 Å². The Balaban J connectivity index is 1.32. The van der Waals surface area contributed by atoms with Gasteiger partial charge in [-0.05, 0) is 26.2 Å². The monoisotopic (exact) mass is 495 g/mol. The van der Waals surface area contributed by atoms with Gasteiger partial charge in [0, 0.05) is 23.5 Å². The number of amides is 3. The normalized spacial score (nSPS) is 22.3. The first-order valence-electron chi connectivity index (χ1n) is 14.6. The summed E-state index contributed by atoms with van der Waals surface area (Å²) in [5.41, 5.74) is 0. The summed E-state index contributed by atoms with van der Waals surface area (Å²) in [4.78, 5) is 23.7. The van der Waals surface area contributed by atoms with Crippen molar-refractivity contribution in [2.45, 2.75) is 159 Å². The highest BCUT2D eigenvalue weighted by molar-refractivity contribution is 8.00. The molecule has 0 aromatic heterocycles. The highest BCUT2D eigenvalue weighted by Gasteiger charge is 2.42. The van der Waals surface area contributed by atoms with Gasteiger partial charge in [-0.15, -0.1) is 0 Å². The number of carbonyl (C=O) groups excluding carboxylic acids is 2. The number of hydrogen-bond acceptors (Lipinski definition) is 3. The van der Waals surface area contributed by atoms with Crippen molar-refractivity contribution in [3.05, 3.63) is 0 Å². The molecule has 198 valence electrons. The van der Waals surface area contributed by atoms with Crippen LogP contribution in [0.2, 0.25) is 0 Å². The largest absolute Gasteiger partial charge is 0.354 e. The first-order chi connectivity index (χ1) is 16.6. The lowest BCUT2D eigenvalue weighted by molar-refractivity contribution is -0.121. The zero-order valence-electron chi connectivity index (χ0n) is 22.2. The van der Waals surface area contributed by atoms with Gasteiger partial charge in [-0.1, -0.05) is 103 Å². The third-order valence-electron chi connectivity index (χ3n) is 7.48. The predicted molar refractivity (Wildman–Crippen MR) is 146 cm³/mol. The third-order valence-corrected chi connectivity index (χ3v) is 8.99. The quantitative estimate of drug-likeness (QED) is 0.118. The van der Waals surface area contributed by atoms with Crippen molar-refractivity contribution in [3.8, 4) is 0 Å². The Labute approximate surface area is 214 Å². The van der Waals surface area contributed by atoms with E-state index >= 15 is 0 Å².